The maximum absolute atomic E-state index is 9.01. The highest BCUT2D eigenvalue weighted by Crippen LogP contribution is 2.19. The molecule has 0 amide bonds. The Hall–Kier alpha value is -1.58. The highest BCUT2D eigenvalue weighted by atomic mass is 16.5. The van der Waals surface area contributed by atoms with E-state index in [0.717, 1.165) is 11.1 Å². The zero-order chi connectivity index (χ0) is 14.8. The highest BCUT2D eigenvalue weighted by Gasteiger charge is 2.07. The monoisotopic (exact) mass is 278 g/mol. The lowest BCUT2D eigenvalue weighted by Crippen LogP contribution is -2.29. The van der Waals surface area contributed by atoms with E-state index in [1.165, 1.54) is 0 Å². The van der Waals surface area contributed by atoms with Crippen molar-refractivity contribution < 1.29 is 14.9 Å². The third-order valence-corrected chi connectivity index (χ3v) is 2.83. The van der Waals surface area contributed by atoms with Crippen molar-refractivity contribution >= 4 is 0 Å². The molecule has 1 aromatic carbocycles. The van der Waals surface area contributed by atoms with E-state index in [9.17, 15) is 0 Å². The maximum Gasteiger partial charge on any atom is 0.134 e. The third-order valence-electron chi connectivity index (χ3n) is 2.83. The molecule has 0 fully saturated rings. The van der Waals surface area contributed by atoms with Crippen molar-refractivity contribution in [1.29, 1.82) is 0 Å². The van der Waals surface area contributed by atoms with Gasteiger partial charge in [0.05, 0.1) is 32.4 Å². The smallest absolute Gasteiger partial charge is 0.134 e. The molecule has 0 unspecified atom stereocenters. The lowest BCUT2D eigenvalue weighted by atomic mass is 10.1. The fourth-order valence-corrected chi connectivity index (χ4v) is 1.91. The lowest BCUT2D eigenvalue weighted by Gasteiger charge is -2.20. The Bertz CT molecular complexity index is 460. The normalized spacial score (nSPS) is 10.2. The number of benzene rings is 1. The van der Waals surface area contributed by atoms with Crippen LogP contribution >= 0.6 is 0 Å². The Morgan fingerprint density at radius 2 is 1.95 bits per heavy atom. The summed E-state index contributed by atoms with van der Waals surface area (Å²) in [7, 11) is 1.60. The molecular formula is C15H22N2O3. The average molecular weight is 278 g/mol. The number of hydrogen-bond donors (Lipinski definition) is 3. The molecule has 0 aliphatic carbocycles. The average Bonchev–Trinajstić information content (AvgIpc) is 2.46. The van der Waals surface area contributed by atoms with Gasteiger partial charge in [0.1, 0.15) is 5.75 Å². The van der Waals surface area contributed by atoms with Crippen LogP contribution in [0.4, 0.5) is 0 Å². The van der Waals surface area contributed by atoms with Crippen molar-refractivity contribution in [3.05, 3.63) is 29.3 Å². The first kappa shape index (κ1) is 16.5. The number of aliphatic hydroxyl groups is 2. The molecule has 0 saturated carbocycles. The summed E-state index contributed by atoms with van der Waals surface area (Å²) < 4.78 is 5.26. The van der Waals surface area contributed by atoms with Gasteiger partial charge in [0.2, 0.25) is 0 Å². The molecule has 0 heterocycles. The van der Waals surface area contributed by atoms with Crippen molar-refractivity contribution in [2.45, 2.75) is 6.54 Å². The van der Waals surface area contributed by atoms with Gasteiger partial charge in [-0.2, -0.15) is 0 Å². The molecule has 0 bridgehead atoms. The first-order valence-corrected chi connectivity index (χ1v) is 6.55. The highest BCUT2D eigenvalue weighted by molar-refractivity contribution is 5.48. The lowest BCUT2D eigenvalue weighted by molar-refractivity contribution is 0.156. The van der Waals surface area contributed by atoms with E-state index in [-0.39, 0.29) is 13.2 Å². The van der Waals surface area contributed by atoms with Crippen LogP contribution in [0, 0.1) is 11.8 Å². The number of nitrogens with two attached hydrogens (primary N) is 1. The fraction of sp³-hybridized carbons (Fsp3) is 0.467. The molecular weight excluding hydrogens is 256 g/mol. The predicted molar refractivity (Wildman–Crippen MR) is 78.4 cm³/mol. The molecule has 20 heavy (non-hydrogen) atoms. The fourth-order valence-electron chi connectivity index (χ4n) is 1.91. The van der Waals surface area contributed by atoms with Crippen molar-refractivity contribution in [3.63, 3.8) is 0 Å². The SMILES string of the molecule is COc1ccc(CN(CCO)CCO)cc1C#CCN. The van der Waals surface area contributed by atoms with Gasteiger partial charge < -0.3 is 20.7 Å². The minimum atomic E-state index is 0.0655. The number of aliphatic hydroxyl groups excluding tert-OH is 2. The van der Waals surface area contributed by atoms with Gasteiger partial charge in [-0.05, 0) is 17.7 Å². The van der Waals surface area contributed by atoms with Gasteiger partial charge >= 0.3 is 0 Å². The van der Waals surface area contributed by atoms with E-state index in [2.05, 4.69) is 11.8 Å². The Morgan fingerprint density at radius 3 is 2.50 bits per heavy atom. The van der Waals surface area contributed by atoms with Gasteiger partial charge in [-0.3, -0.25) is 4.90 Å². The topological polar surface area (TPSA) is 79.0 Å². The third kappa shape index (κ3) is 5.19. The van der Waals surface area contributed by atoms with Crippen LogP contribution in [0.25, 0.3) is 0 Å². The van der Waals surface area contributed by atoms with E-state index in [0.29, 0.717) is 31.9 Å². The predicted octanol–water partition coefficient (Wildman–Crippen LogP) is -0.208. The van der Waals surface area contributed by atoms with Gasteiger partial charge in [-0.1, -0.05) is 17.9 Å². The van der Waals surface area contributed by atoms with Crippen molar-refractivity contribution in [2.24, 2.45) is 5.73 Å². The second-order valence-electron chi connectivity index (χ2n) is 4.26. The summed E-state index contributed by atoms with van der Waals surface area (Å²) in [5, 5.41) is 18.0. The van der Waals surface area contributed by atoms with Gasteiger partial charge in [0.15, 0.2) is 0 Å². The molecule has 0 aliphatic heterocycles. The molecule has 0 radical (unpaired) electrons. The molecule has 1 rings (SSSR count). The van der Waals surface area contributed by atoms with E-state index in [4.69, 9.17) is 20.7 Å². The quantitative estimate of drug-likeness (QED) is 0.602. The molecule has 0 atom stereocenters. The van der Waals surface area contributed by atoms with Gasteiger partial charge in [0.25, 0.3) is 0 Å². The van der Waals surface area contributed by atoms with Crippen LogP contribution in [0.5, 0.6) is 5.75 Å². The minimum Gasteiger partial charge on any atom is -0.495 e. The van der Waals surface area contributed by atoms with Crippen LogP contribution in [0.2, 0.25) is 0 Å². The summed E-state index contributed by atoms with van der Waals surface area (Å²) in [6, 6.07) is 5.77. The first-order valence-electron chi connectivity index (χ1n) is 6.55. The summed E-state index contributed by atoms with van der Waals surface area (Å²) in [6.07, 6.45) is 0. The van der Waals surface area contributed by atoms with Crippen molar-refractivity contribution in [3.8, 4) is 17.6 Å². The zero-order valence-corrected chi connectivity index (χ0v) is 11.8. The van der Waals surface area contributed by atoms with E-state index in [1.54, 1.807) is 7.11 Å². The van der Waals surface area contributed by atoms with Crippen LogP contribution in [-0.4, -0.2) is 55.1 Å². The molecule has 0 aliphatic rings. The van der Waals surface area contributed by atoms with E-state index in [1.807, 2.05) is 23.1 Å². The number of methoxy groups -OCH3 is 1. The number of ether oxygens (including phenoxy) is 1. The van der Waals surface area contributed by atoms with Crippen LogP contribution < -0.4 is 10.5 Å². The zero-order valence-electron chi connectivity index (χ0n) is 11.8. The van der Waals surface area contributed by atoms with Crippen molar-refractivity contribution in [1.82, 2.24) is 4.90 Å². The van der Waals surface area contributed by atoms with Crippen LogP contribution in [-0.2, 0) is 6.54 Å². The molecule has 110 valence electrons. The Morgan fingerprint density at radius 1 is 1.25 bits per heavy atom. The van der Waals surface area contributed by atoms with Crippen LogP contribution in [0.15, 0.2) is 18.2 Å². The summed E-state index contributed by atoms with van der Waals surface area (Å²) in [5.74, 6) is 6.51. The largest absolute Gasteiger partial charge is 0.495 e. The Labute approximate surface area is 120 Å². The number of hydrogen-bond acceptors (Lipinski definition) is 5. The molecule has 4 N–H and O–H groups in total. The number of nitrogens with zero attached hydrogens (tertiary/aromatic N) is 1. The summed E-state index contributed by atoms with van der Waals surface area (Å²) >= 11 is 0. The Balaban J connectivity index is 2.89. The number of rotatable bonds is 7. The summed E-state index contributed by atoms with van der Waals surface area (Å²) in [6.45, 7) is 2.12. The minimum absolute atomic E-state index is 0.0655. The van der Waals surface area contributed by atoms with E-state index >= 15 is 0 Å². The second kappa shape index (κ2) is 9.34. The van der Waals surface area contributed by atoms with E-state index < -0.39 is 0 Å². The first-order chi connectivity index (χ1) is 9.74. The molecule has 0 spiro atoms. The second-order valence-corrected chi connectivity index (χ2v) is 4.26. The van der Waals surface area contributed by atoms with Crippen LogP contribution in [0.3, 0.4) is 0 Å². The van der Waals surface area contributed by atoms with Crippen molar-refractivity contribution in [2.75, 3.05) is 40.0 Å². The molecule has 0 saturated heterocycles. The van der Waals surface area contributed by atoms with Gasteiger partial charge in [0, 0.05) is 19.6 Å². The molecule has 0 aromatic heterocycles. The standard InChI is InChI=1S/C15H22N2O3/c1-20-15-5-4-13(11-14(15)3-2-6-16)12-17(7-9-18)8-10-19/h4-5,11,18-19H,6-10,12,16H2,1H3. The van der Waals surface area contributed by atoms with Gasteiger partial charge in [-0.15, -0.1) is 0 Å². The molecule has 5 nitrogen and oxygen atoms in total. The van der Waals surface area contributed by atoms with Crippen LogP contribution in [0.1, 0.15) is 11.1 Å². The maximum atomic E-state index is 9.01. The van der Waals surface area contributed by atoms with Gasteiger partial charge in [-0.25, -0.2) is 0 Å². The Kier molecular flexibility index (Phi) is 7.70. The summed E-state index contributed by atoms with van der Waals surface area (Å²) in [5.41, 5.74) is 7.23. The summed E-state index contributed by atoms with van der Waals surface area (Å²) in [4.78, 5) is 1.97. The molecule has 5 heteroatoms. The molecule has 1 aromatic rings.